The van der Waals surface area contributed by atoms with E-state index in [0.29, 0.717) is 18.0 Å². The summed E-state index contributed by atoms with van der Waals surface area (Å²) < 4.78 is 10.7. The van der Waals surface area contributed by atoms with Crippen molar-refractivity contribution in [2.24, 2.45) is 0 Å². The highest BCUT2D eigenvalue weighted by atomic mass is 16.5. The van der Waals surface area contributed by atoms with Crippen LogP contribution in [0.4, 0.5) is 0 Å². The Labute approximate surface area is 140 Å². The molecule has 0 spiro atoms. The number of carbonyl (C=O) groups is 1. The first-order valence-corrected chi connectivity index (χ1v) is 7.85. The maximum atomic E-state index is 11.9. The van der Waals surface area contributed by atoms with Gasteiger partial charge in [-0.15, -0.1) is 0 Å². The molecule has 0 saturated carbocycles. The molecule has 0 bridgehead atoms. The summed E-state index contributed by atoms with van der Waals surface area (Å²) >= 11 is 0. The highest BCUT2D eigenvalue weighted by Gasteiger charge is 2.07. The lowest BCUT2D eigenvalue weighted by Crippen LogP contribution is -2.30. The van der Waals surface area contributed by atoms with Gasteiger partial charge in [0.2, 0.25) is 0 Å². The van der Waals surface area contributed by atoms with Gasteiger partial charge in [-0.1, -0.05) is 30.3 Å². The van der Waals surface area contributed by atoms with Gasteiger partial charge in [0.15, 0.2) is 18.1 Å². The van der Waals surface area contributed by atoms with Gasteiger partial charge in [0.25, 0.3) is 5.91 Å². The van der Waals surface area contributed by atoms with E-state index in [-0.39, 0.29) is 12.5 Å². The van der Waals surface area contributed by atoms with E-state index in [1.165, 1.54) is 5.39 Å². The number of rotatable bonds is 7. The number of nitrogens with one attached hydrogen (secondary N) is 2. The predicted molar refractivity (Wildman–Crippen MR) is 93.5 cm³/mol. The van der Waals surface area contributed by atoms with Gasteiger partial charge in [0, 0.05) is 24.2 Å². The van der Waals surface area contributed by atoms with Crippen LogP contribution in [0.5, 0.6) is 11.5 Å². The van der Waals surface area contributed by atoms with Gasteiger partial charge in [-0.3, -0.25) is 4.79 Å². The zero-order chi connectivity index (χ0) is 16.8. The molecule has 24 heavy (non-hydrogen) atoms. The number of hydrogen-bond acceptors (Lipinski definition) is 3. The van der Waals surface area contributed by atoms with Crippen LogP contribution < -0.4 is 14.8 Å². The lowest BCUT2D eigenvalue weighted by atomic mass is 10.2. The summed E-state index contributed by atoms with van der Waals surface area (Å²) in [7, 11) is 1.57. The van der Waals surface area contributed by atoms with E-state index in [0.717, 1.165) is 17.6 Å². The summed E-state index contributed by atoms with van der Waals surface area (Å²) in [5.74, 6) is 1.02. The number of hydrogen-bond donors (Lipinski definition) is 2. The number of H-pyrrole nitrogens is 1. The molecule has 3 rings (SSSR count). The lowest BCUT2D eigenvalue weighted by molar-refractivity contribution is -0.123. The van der Waals surface area contributed by atoms with Crippen molar-refractivity contribution >= 4 is 16.8 Å². The molecule has 0 atom stereocenters. The molecule has 0 aliphatic rings. The molecular formula is C19H20N2O3. The minimum Gasteiger partial charge on any atom is -0.493 e. The van der Waals surface area contributed by atoms with Gasteiger partial charge in [0.05, 0.1) is 7.11 Å². The highest BCUT2D eigenvalue weighted by Crippen LogP contribution is 2.25. The van der Waals surface area contributed by atoms with E-state index in [1.54, 1.807) is 19.2 Å². The fourth-order valence-electron chi connectivity index (χ4n) is 2.54. The largest absolute Gasteiger partial charge is 0.493 e. The Balaban J connectivity index is 1.45. The standard InChI is InChI=1S/C19H20N2O3/c1-23-17-8-4-5-9-18(17)24-13-19(22)20-11-10-15-12-14-6-2-3-7-16(14)21-15/h2-9,12,21H,10-11,13H2,1H3,(H,20,22). The number of fused-ring (bicyclic) bond motifs is 1. The average Bonchev–Trinajstić information content (AvgIpc) is 3.03. The molecule has 0 fully saturated rings. The third kappa shape index (κ3) is 3.87. The van der Waals surface area contributed by atoms with Gasteiger partial charge in [-0.25, -0.2) is 0 Å². The van der Waals surface area contributed by atoms with E-state index in [9.17, 15) is 4.79 Å². The average molecular weight is 324 g/mol. The van der Waals surface area contributed by atoms with Gasteiger partial charge in [-0.2, -0.15) is 0 Å². The second kappa shape index (κ2) is 7.55. The monoisotopic (exact) mass is 324 g/mol. The van der Waals surface area contributed by atoms with Crippen molar-refractivity contribution in [2.45, 2.75) is 6.42 Å². The number of amides is 1. The smallest absolute Gasteiger partial charge is 0.257 e. The van der Waals surface area contributed by atoms with E-state index >= 15 is 0 Å². The first kappa shape index (κ1) is 15.9. The molecule has 0 aliphatic heterocycles. The van der Waals surface area contributed by atoms with Crippen molar-refractivity contribution in [3.05, 3.63) is 60.3 Å². The second-order valence-corrected chi connectivity index (χ2v) is 5.42. The van der Waals surface area contributed by atoms with Crippen LogP contribution in [0.1, 0.15) is 5.69 Å². The maximum absolute atomic E-state index is 11.9. The number of benzene rings is 2. The molecule has 0 aliphatic carbocycles. The van der Waals surface area contributed by atoms with Gasteiger partial charge >= 0.3 is 0 Å². The minimum atomic E-state index is -0.156. The molecule has 1 amide bonds. The van der Waals surface area contributed by atoms with Gasteiger partial charge < -0.3 is 19.8 Å². The van der Waals surface area contributed by atoms with Crippen LogP contribution in [0.15, 0.2) is 54.6 Å². The van der Waals surface area contributed by atoms with E-state index in [4.69, 9.17) is 9.47 Å². The quantitative estimate of drug-likeness (QED) is 0.702. The zero-order valence-corrected chi connectivity index (χ0v) is 13.5. The molecule has 5 heteroatoms. The van der Waals surface area contributed by atoms with Crippen molar-refractivity contribution in [2.75, 3.05) is 20.3 Å². The predicted octanol–water partition coefficient (Wildman–Crippen LogP) is 2.91. The summed E-state index contributed by atoms with van der Waals surface area (Å²) in [6.45, 7) is 0.522. The molecule has 124 valence electrons. The molecular weight excluding hydrogens is 304 g/mol. The SMILES string of the molecule is COc1ccccc1OCC(=O)NCCc1cc2ccccc2[nH]1. The summed E-state index contributed by atoms with van der Waals surface area (Å²) in [6.07, 6.45) is 0.745. The van der Waals surface area contributed by atoms with Gasteiger partial charge in [0.1, 0.15) is 0 Å². The van der Waals surface area contributed by atoms with Crippen LogP contribution in [0.2, 0.25) is 0 Å². The molecule has 0 saturated heterocycles. The van der Waals surface area contributed by atoms with E-state index in [2.05, 4.69) is 22.4 Å². The normalized spacial score (nSPS) is 10.5. The highest BCUT2D eigenvalue weighted by molar-refractivity contribution is 5.80. The topological polar surface area (TPSA) is 63.4 Å². The third-order valence-electron chi connectivity index (χ3n) is 3.73. The third-order valence-corrected chi connectivity index (χ3v) is 3.73. The molecule has 3 aromatic rings. The van der Waals surface area contributed by atoms with Crippen molar-refractivity contribution in [1.29, 1.82) is 0 Å². The van der Waals surface area contributed by atoms with Crippen LogP contribution in [0.25, 0.3) is 10.9 Å². The van der Waals surface area contributed by atoms with E-state index < -0.39 is 0 Å². The number of ether oxygens (including phenoxy) is 2. The Morgan fingerprint density at radius 3 is 2.62 bits per heavy atom. The Morgan fingerprint density at radius 1 is 1.08 bits per heavy atom. The van der Waals surface area contributed by atoms with Gasteiger partial charge in [-0.05, 0) is 29.7 Å². The summed E-state index contributed by atoms with van der Waals surface area (Å²) in [4.78, 5) is 15.2. The molecule has 2 N–H and O–H groups in total. The first-order chi connectivity index (χ1) is 11.8. The maximum Gasteiger partial charge on any atom is 0.257 e. The fourth-order valence-corrected chi connectivity index (χ4v) is 2.54. The van der Waals surface area contributed by atoms with Crippen LogP contribution >= 0.6 is 0 Å². The van der Waals surface area contributed by atoms with Crippen LogP contribution in [0, 0.1) is 0 Å². The Bertz CT molecular complexity index is 793. The second-order valence-electron chi connectivity index (χ2n) is 5.42. The molecule has 1 aromatic heterocycles. The van der Waals surface area contributed by atoms with Crippen molar-refractivity contribution < 1.29 is 14.3 Å². The number of aromatic nitrogens is 1. The fraction of sp³-hybridized carbons (Fsp3) is 0.211. The molecule has 0 radical (unpaired) electrons. The van der Waals surface area contributed by atoms with Crippen molar-refractivity contribution in [3.8, 4) is 11.5 Å². The summed E-state index contributed by atoms with van der Waals surface area (Å²) in [6, 6.07) is 17.5. The number of carbonyl (C=O) groups excluding carboxylic acids is 1. The summed E-state index contributed by atoms with van der Waals surface area (Å²) in [5, 5.41) is 4.04. The molecule has 0 unspecified atom stereocenters. The van der Waals surface area contributed by atoms with E-state index in [1.807, 2.05) is 30.3 Å². The molecule has 5 nitrogen and oxygen atoms in total. The first-order valence-electron chi connectivity index (χ1n) is 7.85. The van der Waals surface area contributed by atoms with Crippen molar-refractivity contribution in [1.82, 2.24) is 10.3 Å². The van der Waals surface area contributed by atoms with Crippen LogP contribution in [-0.2, 0) is 11.2 Å². The molecule has 1 heterocycles. The Hall–Kier alpha value is -2.95. The number of aromatic amines is 1. The van der Waals surface area contributed by atoms with Crippen molar-refractivity contribution in [3.63, 3.8) is 0 Å². The lowest BCUT2D eigenvalue weighted by Gasteiger charge is -2.10. The summed E-state index contributed by atoms with van der Waals surface area (Å²) in [5.41, 5.74) is 2.21. The minimum absolute atomic E-state index is 0.0346. The van der Waals surface area contributed by atoms with Crippen LogP contribution in [0.3, 0.4) is 0 Å². The number of methoxy groups -OCH3 is 1. The Morgan fingerprint density at radius 2 is 1.83 bits per heavy atom. The molecule has 2 aromatic carbocycles. The number of para-hydroxylation sites is 3. The Kier molecular flexibility index (Phi) is 5.01. The van der Waals surface area contributed by atoms with Crippen LogP contribution in [-0.4, -0.2) is 31.2 Å². The zero-order valence-electron chi connectivity index (χ0n) is 13.5.